The van der Waals surface area contributed by atoms with Gasteiger partial charge in [0.2, 0.25) is 0 Å². The van der Waals surface area contributed by atoms with E-state index in [0.29, 0.717) is 24.2 Å². The summed E-state index contributed by atoms with van der Waals surface area (Å²) in [6, 6.07) is 11.7. The normalized spacial score (nSPS) is 16.3. The maximum Gasteiger partial charge on any atom is 0.269 e. The molecule has 0 radical (unpaired) electrons. The van der Waals surface area contributed by atoms with Gasteiger partial charge in [-0.1, -0.05) is 6.07 Å². The summed E-state index contributed by atoms with van der Waals surface area (Å²) in [6.45, 7) is -0.0404. The summed E-state index contributed by atoms with van der Waals surface area (Å²) in [5.74, 6) is -2.01. The molecular weight excluding hydrogens is 486 g/mol. The first-order chi connectivity index (χ1) is 17.3. The van der Waals surface area contributed by atoms with E-state index in [9.17, 15) is 14.0 Å². The van der Waals surface area contributed by atoms with E-state index in [1.165, 1.54) is 40.0 Å². The Hall–Kier alpha value is -4.17. The highest BCUT2D eigenvalue weighted by Gasteiger charge is 2.59. The van der Waals surface area contributed by atoms with Crippen molar-refractivity contribution in [3.63, 3.8) is 0 Å². The van der Waals surface area contributed by atoms with Gasteiger partial charge in [-0.3, -0.25) is 19.2 Å². The molecule has 0 atom stereocenters. The van der Waals surface area contributed by atoms with Gasteiger partial charge in [-0.25, -0.2) is 8.78 Å². The van der Waals surface area contributed by atoms with Crippen molar-refractivity contribution in [2.24, 2.45) is 7.05 Å². The second-order valence-corrected chi connectivity index (χ2v) is 9.08. The van der Waals surface area contributed by atoms with Crippen molar-refractivity contribution in [2.75, 3.05) is 9.80 Å². The van der Waals surface area contributed by atoms with E-state index < -0.39 is 17.2 Å². The van der Waals surface area contributed by atoms with Crippen LogP contribution in [0.1, 0.15) is 40.9 Å². The van der Waals surface area contributed by atoms with Crippen molar-refractivity contribution in [1.82, 2.24) is 15.1 Å². The van der Waals surface area contributed by atoms with Crippen LogP contribution in [0.15, 0.2) is 48.7 Å². The van der Waals surface area contributed by atoms with Crippen LogP contribution in [-0.4, -0.2) is 32.2 Å². The first kappa shape index (κ1) is 23.6. The molecule has 1 saturated heterocycles. The molecular formula is C25H20F2N6O2S. The molecule has 1 aromatic heterocycles. The molecule has 2 heterocycles. The SMILES string of the molecule is Cn1nccc1C(=O)NCc1ccc(N2C(=S)N(c3ccc(C#N)c(F)c3)C(=O)C23CCC3)cc1F. The van der Waals surface area contributed by atoms with Crippen LogP contribution in [0, 0.1) is 23.0 Å². The third kappa shape index (κ3) is 3.61. The van der Waals surface area contributed by atoms with Crippen LogP contribution in [-0.2, 0) is 18.4 Å². The lowest BCUT2D eigenvalue weighted by molar-refractivity contribution is -0.123. The fraction of sp³-hybridized carbons (Fsp3) is 0.240. The molecule has 2 aliphatic rings. The highest BCUT2D eigenvalue weighted by molar-refractivity contribution is 7.81. The van der Waals surface area contributed by atoms with Gasteiger partial charge in [0.15, 0.2) is 5.11 Å². The zero-order chi connectivity index (χ0) is 25.6. The van der Waals surface area contributed by atoms with E-state index in [-0.39, 0.29) is 40.3 Å². The molecule has 1 aliphatic carbocycles. The van der Waals surface area contributed by atoms with Gasteiger partial charge in [0, 0.05) is 31.0 Å². The molecule has 11 heteroatoms. The summed E-state index contributed by atoms with van der Waals surface area (Å²) in [5, 5.41) is 15.7. The number of carbonyl (C=O) groups excluding carboxylic acids is 2. The standard InChI is InChI=1S/C25H20F2N6O2S/c1-31-21(7-10-30-31)22(34)29-14-16-4-6-18(12-20(16)27)33-24(36)32(23(35)25(33)8-2-9-25)17-5-3-15(13-28)19(26)11-17/h3-7,10-12H,2,8-9,14H2,1H3,(H,29,34). The average Bonchev–Trinajstić information content (AvgIpc) is 3.35. The molecule has 1 spiro atoms. The molecule has 2 aromatic carbocycles. The number of nitrogens with zero attached hydrogens (tertiary/aromatic N) is 5. The number of carbonyl (C=O) groups is 2. The summed E-state index contributed by atoms with van der Waals surface area (Å²) in [4.78, 5) is 28.7. The van der Waals surface area contributed by atoms with Crippen molar-refractivity contribution in [3.05, 3.63) is 77.1 Å². The zero-order valence-electron chi connectivity index (χ0n) is 19.2. The molecule has 182 valence electrons. The monoisotopic (exact) mass is 506 g/mol. The first-order valence-electron chi connectivity index (χ1n) is 11.2. The fourth-order valence-corrected chi connectivity index (χ4v) is 5.09. The van der Waals surface area contributed by atoms with E-state index in [1.807, 2.05) is 0 Å². The molecule has 1 saturated carbocycles. The zero-order valence-corrected chi connectivity index (χ0v) is 20.0. The van der Waals surface area contributed by atoms with Gasteiger partial charge in [-0.05, 0) is 67.9 Å². The van der Waals surface area contributed by atoms with Gasteiger partial charge < -0.3 is 10.2 Å². The van der Waals surface area contributed by atoms with Gasteiger partial charge in [0.05, 0.1) is 11.3 Å². The van der Waals surface area contributed by atoms with Gasteiger partial charge in [0.1, 0.15) is 28.9 Å². The predicted octanol–water partition coefficient (Wildman–Crippen LogP) is 3.56. The highest BCUT2D eigenvalue weighted by atomic mass is 32.1. The van der Waals surface area contributed by atoms with Crippen molar-refractivity contribution in [2.45, 2.75) is 31.3 Å². The minimum atomic E-state index is -0.969. The number of amides is 2. The molecule has 3 aromatic rings. The highest BCUT2D eigenvalue weighted by Crippen LogP contribution is 2.48. The summed E-state index contributed by atoms with van der Waals surface area (Å²) in [5.41, 5.74) is 0.107. The average molecular weight is 507 g/mol. The molecule has 1 N–H and O–H groups in total. The Labute approximate surface area is 210 Å². The van der Waals surface area contributed by atoms with Crippen molar-refractivity contribution < 1.29 is 18.4 Å². The predicted molar refractivity (Wildman–Crippen MR) is 131 cm³/mol. The Morgan fingerprint density at radius 1 is 1.17 bits per heavy atom. The number of thiocarbonyl (C=S) groups is 1. The number of anilines is 2. The number of rotatable bonds is 5. The molecule has 2 fully saturated rings. The van der Waals surface area contributed by atoms with Gasteiger partial charge in [-0.15, -0.1) is 0 Å². The van der Waals surface area contributed by atoms with Gasteiger partial charge in [-0.2, -0.15) is 10.4 Å². The molecule has 2 amide bonds. The lowest BCUT2D eigenvalue weighted by Gasteiger charge is -2.43. The molecule has 36 heavy (non-hydrogen) atoms. The Balaban J connectivity index is 1.42. The Morgan fingerprint density at radius 2 is 1.89 bits per heavy atom. The lowest BCUT2D eigenvalue weighted by atomic mass is 9.75. The molecule has 8 nitrogen and oxygen atoms in total. The van der Waals surface area contributed by atoms with E-state index in [2.05, 4.69) is 10.4 Å². The van der Waals surface area contributed by atoms with Crippen molar-refractivity contribution in [3.8, 4) is 6.07 Å². The third-order valence-electron chi connectivity index (χ3n) is 6.71. The number of hydrogen-bond donors (Lipinski definition) is 1. The van der Waals surface area contributed by atoms with Crippen molar-refractivity contribution >= 4 is 40.5 Å². The first-order valence-corrected chi connectivity index (χ1v) is 11.6. The quantitative estimate of drug-likeness (QED) is 0.532. The van der Waals surface area contributed by atoms with Crippen LogP contribution in [0.25, 0.3) is 0 Å². The Kier molecular flexibility index (Phi) is 5.76. The van der Waals surface area contributed by atoms with Crippen LogP contribution in [0.5, 0.6) is 0 Å². The van der Waals surface area contributed by atoms with Crippen molar-refractivity contribution in [1.29, 1.82) is 5.26 Å². The number of nitrogens with one attached hydrogen (secondary N) is 1. The minimum absolute atomic E-state index is 0.0404. The summed E-state index contributed by atoms with van der Waals surface area (Å²) >= 11 is 5.63. The summed E-state index contributed by atoms with van der Waals surface area (Å²) in [7, 11) is 1.64. The number of aryl methyl sites for hydroxylation is 1. The largest absolute Gasteiger partial charge is 0.347 e. The molecule has 1 aliphatic heterocycles. The van der Waals surface area contributed by atoms with Crippen LogP contribution in [0.3, 0.4) is 0 Å². The van der Waals surface area contributed by atoms with E-state index >= 15 is 4.39 Å². The van der Waals surface area contributed by atoms with Gasteiger partial charge in [0.25, 0.3) is 11.8 Å². The van der Waals surface area contributed by atoms with E-state index in [1.54, 1.807) is 30.1 Å². The van der Waals surface area contributed by atoms with E-state index in [0.717, 1.165) is 12.5 Å². The second-order valence-electron chi connectivity index (χ2n) is 8.72. The minimum Gasteiger partial charge on any atom is -0.347 e. The molecule has 5 rings (SSSR count). The number of benzene rings is 2. The summed E-state index contributed by atoms with van der Waals surface area (Å²) in [6.07, 6.45) is 3.33. The van der Waals surface area contributed by atoms with Crippen LogP contribution >= 0.6 is 12.2 Å². The van der Waals surface area contributed by atoms with Crippen LogP contribution < -0.4 is 15.1 Å². The van der Waals surface area contributed by atoms with Gasteiger partial charge >= 0.3 is 0 Å². The topological polar surface area (TPSA) is 94.3 Å². The maximum absolute atomic E-state index is 15.1. The molecule has 0 unspecified atom stereocenters. The summed E-state index contributed by atoms with van der Waals surface area (Å²) < 4.78 is 30.8. The third-order valence-corrected chi connectivity index (χ3v) is 7.08. The fourth-order valence-electron chi connectivity index (χ4n) is 4.62. The number of hydrogen-bond acceptors (Lipinski definition) is 5. The number of aromatic nitrogens is 2. The number of halogens is 2. The molecule has 0 bridgehead atoms. The van der Waals surface area contributed by atoms with E-state index in [4.69, 9.17) is 17.5 Å². The lowest BCUT2D eigenvalue weighted by Crippen LogP contribution is -2.55. The number of nitriles is 1. The maximum atomic E-state index is 15.1. The van der Waals surface area contributed by atoms with Crippen LogP contribution in [0.2, 0.25) is 0 Å². The Morgan fingerprint density at radius 3 is 2.47 bits per heavy atom. The van der Waals surface area contributed by atoms with Crippen LogP contribution in [0.4, 0.5) is 20.2 Å². The smallest absolute Gasteiger partial charge is 0.269 e. The second kappa shape index (κ2) is 8.80. The Bertz CT molecular complexity index is 1460.